The Bertz CT molecular complexity index is 990. The van der Waals surface area contributed by atoms with E-state index in [1.807, 2.05) is 38.1 Å². The number of aliphatic carboxylic acids is 1. The van der Waals surface area contributed by atoms with Crippen LogP contribution in [0.1, 0.15) is 50.2 Å². The van der Waals surface area contributed by atoms with Crippen LogP contribution in [0.4, 0.5) is 4.79 Å². The van der Waals surface area contributed by atoms with E-state index < -0.39 is 18.7 Å². The highest BCUT2D eigenvalue weighted by atomic mass is 16.7. The van der Waals surface area contributed by atoms with E-state index >= 15 is 0 Å². The van der Waals surface area contributed by atoms with Gasteiger partial charge in [0.1, 0.15) is 6.61 Å². The number of carboxylic acid groups (broad SMARTS) is 1. The molecule has 0 bridgehead atoms. The normalized spacial score (nSPS) is 12.6. The lowest BCUT2D eigenvalue weighted by Gasteiger charge is -2.25. The first-order valence-electron chi connectivity index (χ1n) is 11.4. The van der Waals surface area contributed by atoms with Gasteiger partial charge in [0.2, 0.25) is 5.91 Å². The van der Waals surface area contributed by atoms with Gasteiger partial charge in [0, 0.05) is 25.9 Å². The predicted octanol–water partition coefficient (Wildman–Crippen LogP) is 4.20. The molecule has 8 nitrogen and oxygen atoms in total. The van der Waals surface area contributed by atoms with Gasteiger partial charge in [-0.1, -0.05) is 62.4 Å². The van der Waals surface area contributed by atoms with Gasteiger partial charge >= 0.3 is 12.1 Å². The monoisotopic (exact) mass is 468 g/mol. The van der Waals surface area contributed by atoms with Gasteiger partial charge in [-0.05, 0) is 40.5 Å². The average molecular weight is 469 g/mol. The molecule has 3 rings (SSSR count). The topological polar surface area (TPSA) is 105 Å². The molecule has 0 fully saturated rings. The molecule has 0 saturated carbocycles. The Kier molecular flexibility index (Phi) is 8.28. The fourth-order valence-electron chi connectivity index (χ4n) is 4.10. The van der Waals surface area contributed by atoms with Crippen molar-refractivity contribution in [2.45, 2.75) is 39.0 Å². The van der Waals surface area contributed by atoms with Gasteiger partial charge in [-0.15, -0.1) is 0 Å². The van der Waals surface area contributed by atoms with E-state index in [0.29, 0.717) is 19.4 Å². The molecule has 2 aromatic carbocycles. The second kappa shape index (κ2) is 11.2. The number of nitrogens with zero attached hydrogens (tertiary/aromatic N) is 1. The van der Waals surface area contributed by atoms with Crippen LogP contribution in [0.25, 0.3) is 11.1 Å². The number of carbonyl (C=O) groups excluding carboxylic acids is 2. The Morgan fingerprint density at radius 2 is 1.59 bits per heavy atom. The molecule has 0 unspecified atom stereocenters. The van der Waals surface area contributed by atoms with Crippen LogP contribution in [-0.2, 0) is 19.2 Å². The number of fused-ring (bicyclic) bond motifs is 3. The van der Waals surface area contributed by atoms with Crippen LogP contribution in [-0.4, -0.2) is 54.9 Å². The summed E-state index contributed by atoms with van der Waals surface area (Å²) in [7, 11) is 1.40. The Balaban J connectivity index is 1.42. The van der Waals surface area contributed by atoms with E-state index in [-0.39, 0.29) is 30.3 Å². The number of carbonyl (C=O) groups is 3. The van der Waals surface area contributed by atoms with Crippen molar-refractivity contribution in [2.75, 3.05) is 26.8 Å². The molecule has 0 atom stereocenters. The number of ether oxygens (including phenoxy) is 1. The minimum atomic E-state index is -1.14. The number of alkyl carbamates (subject to hydrolysis) is 1. The third-order valence-corrected chi connectivity index (χ3v) is 6.16. The van der Waals surface area contributed by atoms with Gasteiger partial charge in [0.25, 0.3) is 0 Å². The zero-order valence-electron chi connectivity index (χ0n) is 19.9. The van der Waals surface area contributed by atoms with Crippen molar-refractivity contribution in [1.82, 2.24) is 10.4 Å². The van der Waals surface area contributed by atoms with E-state index in [1.54, 1.807) is 0 Å². The number of hydroxylamine groups is 2. The highest BCUT2D eigenvalue weighted by Crippen LogP contribution is 2.44. The maximum atomic E-state index is 12.3. The summed E-state index contributed by atoms with van der Waals surface area (Å²) in [5.74, 6) is -1.42. The number of hydrogen-bond acceptors (Lipinski definition) is 5. The minimum absolute atomic E-state index is 0.0148. The SMILES string of the molecule is CN(OCC(=O)O)C(=O)CCC(C)(C)CCNC(=O)OCC1c2ccccc2-c2ccccc21. The number of hydrogen-bond donors (Lipinski definition) is 2. The van der Waals surface area contributed by atoms with Gasteiger partial charge in [0.15, 0.2) is 6.61 Å². The highest BCUT2D eigenvalue weighted by molar-refractivity contribution is 5.79. The van der Waals surface area contributed by atoms with Crippen molar-refractivity contribution in [3.8, 4) is 11.1 Å². The lowest BCUT2D eigenvalue weighted by molar-refractivity contribution is -0.186. The van der Waals surface area contributed by atoms with Crippen molar-refractivity contribution in [3.63, 3.8) is 0 Å². The first kappa shape index (κ1) is 25.2. The molecule has 182 valence electrons. The van der Waals surface area contributed by atoms with Crippen molar-refractivity contribution in [3.05, 3.63) is 59.7 Å². The number of carboxylic acids is 1. The van der Waals surface area contributed by atoms with E-state index in [4.69, 9.17) is 14.7 Å². The summed E-state index contributed by atoms with van der Waals surface area (Å²) in [4.78, 5) is 39.8. The molecule has 0 radical (unpaired) electrons. The summed E-state index contributed by atoms with van der Waals surface area (Å²) in [6.45, 7) is 4.15. The molecule has 2 aromatic rings. The van der Waals surface area contributed by atoms with E-state index in [1.165, 1.54) is 29.3 Å². The Morgan fingerprint density at radius 1 is 1.00 bits per heavy atom. The van der Waals surface area contributed by atoms with E-state index in [2.05, 4.69) is 29.6 Å². The van der Waals surface area contributed by atoms with Crippen molar-refractivity contribution < 1.29 is 29.1 Å². The standard InChI is InChI=1S/C26H32N2O6/c1-26(2,13-12-23(29)28(3)34-17-24(30)31)14-15-27-25(32)33-16-22-20-10-6-4-8-18(20)19-9-5-7-11-21(19)22/h4-11,22H,12-17H2,1-3H3,(H,27,32)(H,30,31). The third-order valence-electron chi connectivity index (χ3n) is 6.16. The van der Waals surface area contributed by atoms with Gasteiger partial charge in [0.05, 0.1) is 0 Å². The largest absolute Gasteiger partial charge is 0.479 e. The Labute approximate surface area is 199 Å². The predicted molar refractivity (Wildman–Crippen MR) is 127 cm³/mol. The lowest BCUT2D eigenvalue weighted by atomic mass is 9.84. The first-order chi connectivity index (χ1) is 16.2. The maximum absolute atomic E-state index is 12.3. The molecule has 1 aliphatic carbocycles. The molecular weight excluding hydrogens is 436 g/mol. The molecule has 2 amide bonds. The second-order valence-corrected chi connectivity index (χ2v) is 9.22. The van der Waals surface area contributed by atoms with Crippen molar-refractivity contribution >= 4 is 18.0 Å². The molecule has 0 heterocycles. The lowest BCUT2D eigenvalue weighted by Crippen LogP contribution is -2.32. The smallest absolute Gasteiger partial charge is 0.407 e. The van der Waals surface area contributed by atoms with Gasteiger partial charge < -0.3 is 15.2 Å². The highest BCUT2D eigenvalue weighted by Gasteiger charge is 2.29. The Morgan fingerprint density at radius 3 is 2.18 bits per heavy atom. The number of amides is 2. The minimum Gasteiger partial charge on any atom is -0.479 e. The van der Waals surface area contributed by atoms with E-state index in [0.717, 1.165) is 5.06 Å². The fraction of sp³-hybridized carbons (Fsp3) is 0.423. The average Bonchev–Trinajstić information content (AvgIpc) is 3.13. The van der Waals surface area contributed by atoms with Crippen LogP contribution in [0.15, 0.2) is 48.5 Å². The third kappa shape index (κ3) is 6.57. The van der Waals surface area contributed by atoms with Crippen LogP contribution in [0.2, 0.25) is 0 Å². The molecule has 8 heteroatoms. The van der Waals surface area contributed by atoms with Crippen LogP contribution in [0.5, 0.6) is 0 Å². The number of rotatable bonds is 11. The molecule has 2 N–H and O–H groups in total. The summed E-state index contributed by atoms with van der Waals surface area (Å²) in [6, 6.07) is 16.4. The molecule has 0 aromatic heterocycles. The number of benzene rings is 2. The van der Waals surface area contributed by atoms with Crippen LogP contribution in [0.3, 0.4) is 0 Å². The van der Waals surface area contributed by atoms with Crippen molar-refractivity contribution in [2.24, 2.45) is 5.41 Å². The summed E-state index contributed by atoms with van der Waals surface area (Å²) >= 11 is 0. The zero-order valence-corrected chi connectivity index (χ0v) is 19.9. The summed E-state index contributed by atoms with van der Waals surface area (Å²) in [6.07, 6.45) is 0.979. The van der Waals surface area contributed by atoms with E-state index in [9.17, 15) is 14.4 Å². The molecule has 34 heavy (non-hydrogen) atoms. The quantitative estimate of drug-likeness (QED) is 0.479. The van der Waals surface area contributed by atoms with Gasteiger partial charge in [-0.25, -0.2) is 14.7 Å². The molecule has 1 aliphatic rings. The molecular formula is C26H32N2O6. The zero-order chi connectivity index (χ0) is 24.7. The summed E-state index contributed by atoms with van der Waals surface area (Å²) < 4.78 is 5.55. The Hall–Kier alpha value is -3.39. The number of nitrogens with one attached hydrogen (secondary N) is 1. The summed E-state index contributed by atoms with van der Waals surface area (Å²) in [5, 5.41) is 12.4. The molecule has 0 spiro atoms. The van der Waals surface area contributed by atoms with Crippen LogP contribution < -0.4 is 5.32 Å². The molecule has 0 aliphatic heterocycles. The van der Waals surface area contributed by atoms with Crippen LogP contribution >= 0.6 is 0 Å². The first-order valence-corrected chi connectivity index (χ1v) is 11.4. The van der Waals surface area contributed by atoms with Gasteiger partial charge in [-0.3, -0.25) is 9.63 Å². The maximum Gasteiger partial charge on any atom is 0.407 e. The van der Waals surface area contributed by atoms with Gasteiger partial charge in [-0.2, -0.15) is 0 Å². The van der Waals surface area contributed by atoms with Crippen LogP contribution in [0, 0.1) is 5.41 Å². The fourth-order valence-corrected chi connectivity index (χ4v) is 4.10. The molecule has 0 saturated heterocycles. The second-order valence-electron chi connectivity index (χ2n) is 9.22. The van der Waals surface area contributed by atoms with Crippen molar-refractivity contribution in [1.29, 1.82) is 0 Å². The summed E-state index contributed by atoms with van der Waals surface area (Å²) in [5.41, 5.74) is 4.49.